The molecule has 4 nitrogen and oxygen atoms in total. The minimum atomic E-state index is -4.71. The topological polar surface area (TPSA) is 59.9 Å². The quantitative estimate of drug-likeness (QED) is 0.760. The molecule has 0 spiro atoms. The molecule has 0 radical (unpaired) electrons. The number of hydrogen-bond acceptors (Lipinski definition) is 4. The van der Waals surface area contributed by atoms with Crippen LogP contribution in [0.4, 0.5) is 13.2 Å². The number of rotatable bonds is 1. The van der Waals surface area contributed by atoms with Gasteiger partial charge in [-0.05, 0) is 18.2 Å². The number of halogens is 4. The number of hydrogen-bond donors (Lipinski definition) is 0. The summed E-state index contributed by atoms with van der Waals surface area (Å²) < 4.78 is 60.2. The molecule has 1 aromatic heterocycles. The largest absolute Gasteiger partial charge is 0.451 e. The van der Waals surface area contributed by atoms with Crippen LogP contribution in [0.5, 0.6) is 0 Å². The van der Waals surface area contributed by atoms with Crippen LogP contribution in [0.3, 0.4) is 0 Å². The van der Waals surface area contributed by atoms with Gasteiger partial charge in [-0.2, -0.15) is 13.2 Å². The fourth-order valence-electron chi connectivity index (χ4n) is 1.43. The average molecular weight is 311 g/mol. The Hall–Kier alpha value is -1.41. The van der Waals surface area contributed by atoms with Crippen molar-refractivity contribution in [1.29, 1.82) is 0 Å². The zero-order valence-corrected chi connectivity index (χ0v) is 10.9. The smallest absolute Gasteiger partial charge is 0.224 e. The first-order chi connectivity index (χ1) is 8.59. The molecule has 0 saturated heterocycles. The zero-order chi connectivity index (χ0) is 14.4. The minimum absolute atomic E-state index is 0.0533. The van der Waals surface area contributed by atoms with Gasteiger partial charge in [-0.1, -0.05) is 11.6 Å². The van der Waals surface area contributed by atoms with Crippen molar-refractivity contribution in [3.05, 3.63) is 29.2 Å². The lowest BCUT2D eigenvalue weighted by Crippen LogP contribution is -2.11. The minimum Gasteiger partial charge on any atom is -0.224 e. The van der Waals surface area contributed by atoms with Gasteiger partial charge in [0.25, 0.3) is 0 Å². The number of alkyl halides is 3. The van der Waals surface area contributed by atoms with Gasteiger partial charge in [0, 0.05) is 11.6 Å². The number of nitrogens with zero attached hydrogens (tertiary/aromatic N) is 2. The molecule has 2 rings (SSSR count). The fourth-order valence-corrected chi connectivity index (χ4v) is 2.31. The van der Waals surface area contributed by atoms with E-state index in [0.29, 0.717) is 0 Å². The summed E-state index contributed by atoms with van der Waals surface area (Å²) in [6.07, 6.45) is -3.74. The molecular weight excluding hydrogens is 305 g/mol. The third-order valence-corrected chi connectivity index (χ3v) is 3.70. The van der Waals surface area contributed by atoms with Crippen LogP contribution < -0.4 is 0 Å². The van der Waals surface area contributed by atoms with Crippen molar-refractivity contribution < 1.29 is 21.6 Å². The summed E-state index contributed by atoms with van der Waals surface area (Å²) >= 11 is 5.64. The standard InChI is InChI=1S/C10H6ClF3N2O2S/c1-19(17,18)5-2-3-7-6(4-5)8(11)16-9(15-7)10(12,13)14/h2-4H,1H3. The Morgan fingerprint density at radius 3 is 2.37 bits per heavy atom. The average Bonchev–Trinajstić information content (AvgIpc) is 2.26. The van der Waals surface area contributed by atoms with Gasteiger partial charge < -0.3 is 0 Å². The molecule has 0 aliphatic carbocycles. The lowest BCUT2D eigenvalue weighted by atomic mass is 10.2. The van der Waals surface area contributed by atoms with Crippen LogP contribution in [-0.2, 0) is 16.0 Å². The number of fused-ring (bicyclic) bond motifs is 1. The molecule has 1 aromatic carbocycles. The van der Waals surface area contributed by atoms with Crippen LogP contribution in [-0.4, -0.2) is 24.6 Å². The third-order valence-electron chi connectivity index (χ3n) is 2.30. The second-order valence-corrected chi connectivity index (χ2v) is 6.16. The monoisotopic (exact) mass is 310 g/mol. The van der Waals surface area contributed by atoms with Gasteiger partial charge in [-0.3, -0.25) is 0 Å². The van der Waals surface area contributed by atoms with Gasteiger partial charge in [0.2, 0.25) is 5.82 Å². The second kappa shape index (κ2) is 4.31. The fraction of sp³-hybridized carbons (Fsp3) is 0.200. The second-order valence-electron chi connectivity index (χ2n) is 3.79. The molecule has 9 heteroatoms. The van der Waals surface area contributed by atoms with E-state index in [2.05, 4.69) is 9.97 Å². The van der Waals surface area contributed by atoms with Crippen LogP contribution in [0.25, 0.3) is 10.9 Å². The van der Waals surface area contributed by atoms with Gasteiger partial charge in [-0.25, -0.2) is 18.4 Å². The van der Waals surface area contributed by atoms with E-state index in [-0.39, 0.29) is 15.8 Å². The molecule has 0 N–H and O–H groups in total. The van der Waals surface area contributed by atoms with E-state index in [1.54, 1.807) is 0 Å². The third kappa shape index (κ3) is 2.79. The summed E-state index contributed by atoms with van der Waals surface area (Å²) in [5.41, 5.74) is -0.0697. The Balaban J connectivity index is 2.74. The Morgan fingerprint density at radius 2 is 1.84 bits per heavy atom. The van der Waals surface area contributed by atoms with Crippen molar-refractivity contribution in [3.63, 3.8) is 0 Å². The summed E-state index contributed by atoms with van der Waals surface area (Å²) in [5.74, 6) is -1.36. The Kier molecular flexibility index (Phi) is 3.18. The van der Waals surface area contributed by atoms with Crippen molar-refractivity contribution in [1.82, 2.24) is 9.97 Å². The van der Waals surface area contributed by atoms with E-state index in [9.17, 15) is 21.6 Å². The summed E-state index contributed by atoms with van der Waals surface area (Å²) in [7, 11) is -3.49. The molecule has 102 valence electrons. The zero-order valence-electron chi connectivity index (χ0n) is 9.36. The molecule has 1 heterocycles. The first kappa shape index (κ1) is 14.0. The van der Waals surface area contributed by atoms with E-state index >= 15 is 0 Å². The van der Waals surface area contributed by atoms with Gasteiger partial charge in [0.1, 0.15) is 5.15 Å². The summed E-state index contributed by atoms with van der Waals surface area (Å²) in [6, 6.07) is 3.48. The maximum absolute atomic E-state index is 12.5. The molecule has 0 aliphatic rings. The normalized spacial score (nSPS) is 12.9. The van der Waals surface area contributed by atoms with Crippen LogP contribution >= 0.6 is 11.6 Å². The van der Waals surface area contributed by atoms with E-state index in [4.69, 9.17) is 11.6 Å². The highest BCUT2D eigenvalue weighted by Crippen LogP contribution is 2.30. The van der Waals surface area contributed by atoms with Crippen molar-refractivity contribution >= 4 is 32.3 Å². The Bertz CT molecular complexity index is 759. The molecular formula is C10H6ClF3N2O2S. The molecule has 0 unspecified atom stereocenters. The number of aromatic nitrogens is 2. The first-order valence-corrected chi connectivity index (χ1v) is 7.10. The van der Waals surface area contributed by atoms with Crippen LogP contribution in [0, 0.1) is 0 Å². The van der Waals surface area contributed by atoms with E-state index in [1.807, 2.05) is 0 Å². The van der Waals surface area contributed by atoms with Crippen molar-refractivity contribution in [2.24, 2.45) is 0 Å². The predicted octanol–water partition coefficient (Wildman–Crippen LogP) is 2.71. The van der Waals surface area contributed by atoms with E-state index in [1.165, 1.54) is 6.07 Å². The highest BCUT2D eigenvalue weighted by atomic mass is 35.5. The van der Waals surface area contributed by atoms with Crippen molar-refractivity contribution in [3.8, 4) is 0 Å². The summed E-state index contributed by atoms with van der Waals surface area (Å²) in [4.78, 5) is 6.38. The lowest BCUT2D eigenvalue weighted by molar-refractivity contribution is -0.144. The molecule has 0 aliphatic heterocycles. The molecule has 2 aromatic rings. The lowest BCUT2D eigenvalue weighted by Gasteiger charge is -2.08. The van der Waals surface area contributed by atoms with Crippen LogP contribution in [0.1, 0.15) is 5.82 Å². The highest BCUT2D eigenvalue weighted by molar-refractivity contribution is 7.90. The maximum atomic E-state index is 12.5. The SMILES string of the molecule is CS(=O)(=O)c1ccc2nc(C(F)(F)F)nc(Cl)c2c1. The van der Waals surface area contributed by atoms with E-state index < -0.39 is 27.0 Å². The highest BCUT2D eigenvalue weighted by Gasteiger charge is 2.35. The molecule has 0 atom stereocenters. The van der Waals surface area contributed by atoms with Gasteiger partial charge in [0.15, 0.2) is 9.84 Å². The van der Waals surface area contributed by atoms with Crippen molar-refractivity contribution in [2.45, 2.75) is 11.1 Å². The Labute approximate surface area is 111 Å². The van der Waals surface area contributed by atoms with Crippen LogP contribution in [0.15, 0.2) is 23.1 Å². The molecule has 19 heavy (non-hydrogen) atoms. The van der Waals surface area contributed by atoms with E-state index in [0.717, 1.165) is 18.4 Å². The maximum Gasteiger partial charge on any atom is 0.451 e. The summed E-state index contributed by atoms with van der Waals surface area (Å²) in [5, 5.41) is -0.389. The summed E-state index contributed by atoms with van der Waals surface area (Å²) in [6.45, 7) is 0. The first-order valence-electron chi connectivity index (χ1n) is 4.83. The predicted molar refractivity (Wildman–Crippen MR) is 62.7 cm³/mol. The van der Waals surface area contributed by atoms with Gasteiger partial charge in [-0.15, -0.1) is 0 Å². The Morgan fingerprint density at radius 1 is 1.21 bits per heavy atom. The molecule has 0 fully saturated rings. The molecule has 0 amide bonds. The van der Waals surface area contributed by atoms with Gasteiger partial charge in [0.05, 0.1) is 10.4 Å². The van der Waals surface area contributed by atoms with Crippen molar-refractivity contribution in [2.75, 3.05) is 6.26 Å². The number of benzene rings is 1. The molecule has 0 saturated carbocycles. The van der Waals surface area contributed by atoms with Gasteiger partial charge >= 0.3 is 6.18 Å². The number of sulfone groups is 1. The van der Waals surface area contributed by atoms with Crippen LogP contribution in [0.2, 0.25) is 5.15 Å². The molecule has 0 bridgehead atoms.